The quantitative estimate of drug-likeness (QED) is 0.268. The van der Waals surface area contributed by atoms with Gasteiger partial charge in [0, 0.05) is 0 Å². The molecule has 0 N–H and O–H groups in total. The fraction of sp³-hybridized carbons (Fsp3) is 0.950. The van der Waals surface area contributed by atoms with Crippen LogP contribution in [0.5, 0.6) is 0 Å². The molecule has 0 saturated heterocycles. The molecule has 2 unspecified atom stereocenters. The number of carbonyl (C=O) groups is 1. The first kappa shape index (κ1) is 30.7. The Bertz CT molecular complexity index is 656. The zero-order valence-electron chi connectivity index (χ0n) is 18.9. The van der Waals surface area contributed by atoms with E-state index >= 15 is 0 Å². The fourth-order valence-corrected chi connectivity index (χ4v) is 4.01. The number of halogens is 12. The summed E-state index contributed by atoms with van der Waals surface area (Å²) in [7, 11) is 0. The Kier molecular flexibility index (Phi) is 8.06. The largest absolute Gasteiger partial charge is 0.462 e. The van der Waals surface area contributed by atoms with Crippen LogP contribution in [0.4, 0.5) is 52.7 Å². The Morgan fingerprint density at radius 1 is 0.647 bits per heavy atom. The fourth-order valence-electron chi connectivity index (χ4n) is 4.01. The zero-order valence-corrected chi connectivity index (χ0v) is 18.9. The molecule has 2 nitrogen and oxygen atoms in total. The molecule has 0 aromatic carbocycles. The summed E-state index contributed by atoms with van der Waals surface area (Å²) in [6, 6.07) is 0. The molecule has 34 heavy (non-hydrogen) atoms. The lowest BCUT2D eigenvalue weighted by Gasteiger charge is -2.50. The van der Waals surface area contributed by atoms with E-state index in [0.717, 1.165) is 0 Å². The first-order chi connectivity index (χ1) is 14.8. The molecule has 202 valence electrons. The van der Waals surface area contributed by atoms with Gasteiger partial charge in [-0.05, 0) is 65.2 Å². The highest BCUT2D eigenvalue weighted by atomic mass is 19.4. The lowest BCUT2D eigenvalue weighted by atomic mass is 9.59. The van der Waals surface area contributed by atoms with Crippen LogP contribution in [-0.4, -0.2) is 36.8 Å². The van der Waals surface area contributed by atoms with Gasteiger partial charge in [0.2, 0.25) is 0 Å². The van der Waals surface area contributed by atoms with Gasteiger partial charge < -0.3 is 4.74 Å². The average Bonchev–Trinajstić information content (AvgIpc) is 2.62. The molecule has 1 fully saturated rings. The van der Waals surface area contributed by atoms with E-state index in [4.69, 9.17) is 4.74 Å². The molecule has 14 heteroatoms. The molecule has 0 aromatic rings. The number of alkyl halides is 12. The molecular weight excluding hydrogens is 500 g/mol. The van der Waals surface area contributed by atoms with Crippen molar-refractivity contribution in [2.24, 2.45) is 28.1 Å². The molecule has 0 radical (unpaired) electrons. The normalized spacial score (nSPS) is 24.2. The molecule has 0 spiro atoms. The van der Waals surface area contributed by atoms with E-state index in [0.29, 0.717) is 0 Å². The van der Waals surface area contributed by atoms with Crippen LogP contribution in [0.1, 0.15) is 60.3 Å². The maximum atomic E-state index is 13.6. The summed E-state index contributed by atoms with van der Waals surface area (Å²) in [5.74, 6) is -6.68. The third-order valence-electron chi connectivity index (χ3n) is 7.36. The summed E-state index contributed by atoms with van der Waals surface area (Å²) < 4.78 is 169. The molecule has 1 aliphatic rings. The first-order valence-corrected chi connectivity index (χ1v) is 10.2. The van der Waals surface area contributed by atoms with Crippen molar-refractivity contribution in [3.8, 4) is 0 Å². The van der Waals surface area contributed by atoms with Gasteiger partial charge in [0.05, 0.1) is 5.41 Å². The molecule has 0 amide bonds. The summed E-state index contributed by atoms with van der Waals surface area (Å²) in [6.45, 7) is 3.50. The van der Waals surface area contributed by atoms with E-state index in [1.165, 1.54) is 20.8 Å². The standard InChI is InChI=1S/C20H26F12O2/c1-6-14(2,3)13(33)34-12-8-10(15(4,17(21,22)23)18(24,25)26)7-11(9-12)16(5,19(27,28)29)20(30,31)32/h10-12H,6-9H2,1-5H3. The average molecular weight is 526 g/mol. The third-order valence-corrected chi connectivity index (χ3v) is 7.36. The minimum atomic E-state index is -6.05. The minimum Gasteiger partial charge on any atom is -0.462 e. The molecule has 1 aliphatic carbocycles. The summed E-state index contributed by atoms with van der Waals surface area (Å²) in [5.41, 5.74) is -10.6. The molecule has 0 aromatic heterocycles. The second-order valence-electron chi connectivity index (χ2n) is 9.76. The molecule has 0 heterocycles. The number of esters is 1. The lowest BCUT2D eigenvalue weighted by Crippen LogP contribution is -2.59. The molecular formula is C20H26F12O2. The Hall–Kier alpha value is -1.37. The van der Waals surface area contributed by atoms with Gasteiger partial charge in [-0.3, -0.25) is 4.79 Å². The van der Waals surface area contributed by atoms with Crippen LogP contribution in [0.3, 0.4) is 0 Å². The van der Waals surface area contributed by atoms with Crippen molar-refractivity contribution >= 4 is 5.97 Å². The van der Waals surface area contributed by atoms with Crippen molar-refractivity contribution in [1.82, 2.24) is 0 Å². The third kappa shape index (κ3) is 5.24. The van der Waals surface area contributed by atoms with Crippen molar-refractivity contribution in [3.05, 3.63) is 0 Å². The van der Waals surface area contributed by atoms with E-state index in [1.807, 2.05) is 0 Å². The van der Waals surface area contributed by atoms with Crippen LogP contribution < -0.4 is 0 Å². The maximum absolute atomic E-state index is 13.6. The number of rotatable bonds is 5. The van der Waals surface area contributed by atoms with Crippen LogP contribution in [0, 0.1) is 28.1 Å². The maximum Gasteiger partial charge on any atom is 0.403 e. The minimum absolute atomic E-state index is 0.0804. The molecule has 0 bridgehead atoms. The van der Waals surface area contributed by atoms with E-state index < -0.39 is 84.1 Å². The van der Waals surface area contributed by atoms with E-state index in [1.54, 1.807) is 0 Å². The second kappa shape index (κ2) is 8.94. The monoisotopic (exact) mass is 526 g/mol. The van der Waals surface area contributed by atoms with Gasteiger partial charge in [0.1, 0.15) is 6.10 Å². The molecule has 0 aliphatic heterocycles. The Labute approximate surface area is 188 Å². The Morgan fingerprint density at radius 3 is 1.18 bits per heavy atom. The van der Waals surface area contributed by atoms with Gasteiger partial charge in [0.15, 0.2) is 10.8 Å². The van der Waals surface area contributed by atoms with Crippen molar-refractivity contribution in [2.75, 3.05) is 0 Å². The van der Waals surface area contributed by atoms with Crippen molar-refractivity contribution in [1.29, 1.82) is 0 Å². The summed E-state index contributed by atoms with van der Waals surface area (Å²) >= 11 is 0. The number of carbonyl (C=O) groups excluding carboxylic acids is 1. The summed E-state index contributed by atoms with van der Waals surface area (Å²) in [6.07, 6.45) is -30.2. The van der Waals surface area contributed by atoms with Gasteiger partial charge in [0.25, 0.3) is 0 Å². The molecule has 1 saturated carbocycles. The van der Waals surface area contributed by atoms with Crippen molar-refractivity contribution in [2.45, 2.75) is 91.1 Å². The SMILES string of the molecule is CCC(C)(C)C(=O)OC1CC(C(C)(C(F)(F)F)C(F)(F)F)CC(C(C)(C(F)(F)F)C(F)(F)F)C1. The highest BCUT2D eigenvalue weighted by Crippen LogP contribution is 2.64. The summed E-state index contributed by atoms with van der Waals surface area (Å²) in [4.78, 5) is 12.4. The van der Waals surface area contributed by atoms with Gasteiger partial charge >= 0.3 is 30.7 Å². The first-order valence-electron chi connectivity index (χ1n) is 10.2. The molecule has 1 rings (SSSR count). The zero-order chi connectivity index (χ0) is 27.3. The van der Waals surface area contributed by atoms with Crippen LogP contribution in [0.15, 0.2) is 0 Å². The van der Waals surface area contributed by atoms with Gasteiger partial charge in [-0.25, -0.2) is 0 Å². The second-order valence-corrected chi connectivity index (χ2v) is 9.76. The predicted octanol–water partition coefficient (Wildman–Crippen LogP) is 8.01. The van der Waals surface area contributed by atoms with Crippen LogP contribution in [0.2, 0.25) is 0 Å². The van der Waals surface area contributed by atoms with Crippen LogP contribution in [0.25, 0.3) is 0 Å². The van der Waals surface area contributed by atoms with E-state index in [9.17, 15) is 57.5 Å². The lowest BCUT2D eigenvalue weighted by molar-refractivity contribution is -0.373. The highest BCUT2D eigenvalue weighted by molar-refractivity contribution is 5.76. The van der Waals surface area contributed by atoms with Crippen molar-refractivity contribution in [3.63, 3.8) is 0 Å². The molecule has 2 atom stereocenters. The topological polar surface area (TPSA) is 26.3 Å². The Balaban J connectivity index is 3.69. The smallest absolute Gasteiger partial charge is 0.403 e. The number of hydrogen-bond donors (Lipinski definition) is 0. The predicted molar refractivity (Wildman–Crippen MR) is 95.2 cm³/mol. The van der Waals surface area contributed by atoms with Gasteiger partial charge in [-0.15, -0.1) is 0 Å². The van der Waals surface area contributed by atoms with Crippen molar-refractivity contribution < 1.29 is 62.2 Å². The number of ether oxygens (including phenoxy) is 1. The van der Waals surface area contributed by atoms with Gasteiger partial charge in [-0.2, -0.15) is 52.7 Å². The van der Waals surface area contributed by atoms with Gasteiger partial charge in [-0.1, -0.05) is 6.92 Å². The van der Waals surface area contributed by atoms with Crippen LogP contribution >= 0.6 is 0 Å². The van der Waals surface area contributed by atoms with E-state index in [-0.39, 0.29) is 20.3 Å². The summed E-state index contributed by atoms with van der Waals surface area (Å²) in [5, 5.41) is 0. The highest BCUT2D eigenvalue weighted by Gasteiger charge is 2.75. The van der Waals surface area contributed by atoms with Crippen LogP contribution in [-0.2, 0) is 9.53 Å². The number of hydrogen-bond acceptors (Lipinski definition) is 2. The van der Waals surface area contributed by atoms with E-state index in [2.05, 4.69) is 0 Å². The Morgan fingerprint density at radius 2 is 0.941 bits per heavy atom.